The van der Waals surface area contributed by atoms with Gasteiger partial charge in [0, 0.05) is 30.1 Å². The van der Waals surface area contributed by atoms with Crippen LogP contribution in [0.4, 0.5) is 0 Å². The van der Waals surface area contributed by atoms with Gasteiger partial charge in [-0.05, 0) is 36.3 Å². The molecule has 76 valence electrons. The Balaban J connectivity index is 1.94. The molecule has 2 atom stereocenters. The van der Waals surface area contributed by atoms with Crippen molar-refractivity contribution in [2.24, 2.45) is 5.73 Å². The Hall–Kier alpha value is -0.380. The Morgan fingerprint density at radius 2 is 2.36 bits per heavy atom. The first-order valence-electron chi connectivity index (χ1n) is 5.40. The summed E-state index contributed by atoms with van der Waals surface area (Å²) >= 11 is 1.92. The predicted octanol–water partition coefficient (Wildman–Crippen LogP) is 1.77. The van der Waals surface area contributed by atoms with Gasteiger partial charge in [-0.15, -0.1) is 11.3 Å². The number of piperidine rings is 1. The summed E-state index contributed by atoms with van der Waals surface area (Å²) in [6.45, 7) is 2.43. The first-order chi connectivity index (χ1) is 6.84. The van der Waals surface area contributed by atoms with Gasteiger partial charge in [-0.25, -0.2) is 0 Å². The van der Waals surface area contributed by atoms with Gasteiger partial charge in [0.1, 0.15) is 0 Å². The molecule has 2 aliphatic heterocycles. The molecule has 0 spiro atoms. The molecule has 0 saturated carbocycles. The molecule has 14 heavy (non-hydrogen) atoms. The van der Waals surface area contributed by atoms with Crippen LogP contribution in [0.15, 0.2) is 11.4 Å². The molecule has 0 radical (unpaired) electrons. The minimum atomic E-state index is 0.421. The Morgan fingerprint density at radius 3 is 3.29 bits per heavy atom. The Kier molecular flexibility index (Phi) is 2.11. The molecule has 1 saturated heterocycles. The largest absolute Gasteiger partial charge is 0.328 e. The highest BCUT2D eigenvalue weighted by Gasteiger charge is 2.32. The summed E-state index contributed by atoms with van der Waals surface area (Å²) in [4.78, 5) is 4.20. The highest BCUT2D eigenvalue weighted by atomic mass is 32.1. The predicted molar refractivity (Wildman–Crippen MR) is 59.5 cm³/mol. The molecule has 2 nitrogen and oxygen atoms in total. The van der Waals surface area contributed by atoms with E-state index in [4.69, 9.17) is 5.73 Å². The lowest BCUT2D eigenvalue weighted by Crippen LogP contribution is -2.44. The minimum absolute atomic E-state index is 0.421. The summed E-state index contributed by atoms with van der Waals surface area (Å²) in [7, 11) is 0. The lowest BCUT2D eigenvalue weighted by atomic mass is 9.91. The van der Waals surface area contributed by atoms with Gasteiger partial charge in [-0.1, -0.05) is 0 Å². The minimum Gasteiger partial charge on any atom is -0.328 e. The van der Waals surface area contributed by atoms with E-state index in [1.807, 2.05) is 11.3 Å². The van der Waals surface area contributed by atoms with Crippen molar-refractivity contribution in [3.8, 4) is 0 Å². The van der Waals surface area contributed by atoms with Crippen molar-refractivity contribution in [1.29, 1.82) is 0 Å². The third-order valence-corrected chi connectivity index (χ3v) is 4.57. The fourth-order valence-corrected chi connectivity index (χ4v) is 3.79. The molecule has 2 aliphatic rings. The van der Waals surface area contributed by atoms with E-state index in [0.29, 0.717) is 12.1 Å². The maximum Gasteiger partial charge on any atom is 0.0459 e. The molecule has 0 aliphatic carbocycles. The van der Waals surface area contributed by atoms with E-state index in [2.05, 4.69) is 16.3 Å². The van der Waals surface area contributed by atoms with Crippen LogP contribution in [-0.2, 0) is 6.42 Å². The molecule has 1 aromatic rings. The van der Waals surface area contributed by atoms with Crippen molar-refractivity contribution in [2.45, 2.75) is 31.3 Å². The summed E-state index contributed by atoms with van der Waals surface area (Å²) in [5, 5.41) is 2.23. The van der Waals surface area contributed by atoms with Gasteiger partial charge in [0.2, 0.25) is 0 Å². The van der Waals surface area contributed by atoms with Crippen LogP contribution in [0.3, 0.4) is 0 Å². The highest BCUT2D eigenvalue weighted by molar-refractivity contribution is 7.10. The number of nitrogens with two attached hydrogens (primary N) is 1. The lowest BCUT2D eigenvalue weighted by molar-refractivity contribution is 0.129. The summed E-state index contributed by atoms with van der Waals surface area (Å²) in [6.07, 6.45) is 3.58. The van der Waals surface area contributed by atoms with Gasteiger partial charge in [-0.2, -0.15) is 0 Å². The van der Waals surface area contributed by atoms with E-state index in [-0.39, 0.29) is 0 Å². The van der Waals surface area contributed by atoms with Crippen LogP contribution in [0.5, 0.6) is 0 Å². The van der Waals surface area contributed by atoms with Gasteiger partial charge in [0.05, 0.1) is 0 Å². The standard InChI is InChI=1S/C11H16N2S/c12-9-2-5-13-4-1-8-3-6-14-11(8)10(13)7-9/h3,6,9-10H,1-2,4-5,7,12H2. The highest BCUT2D eigenvalue weighted by Crippen LogP contribution is 2.38. The van der Waals surface area contributed by atoms with Gasteiger partial charge < -0.3 is 5.73 Å². The van der Waals surface area contributed by atoms with Gasteiger partial charge in [0.15, 0.2) is 0 Å². The molecule has 1 aromatic heterocycles. The van der Waals surface area contributed by atoms with E-state index >= 15 is 0 Å². The van der Waals surface area contributed by atoms with Crippen molar-refractivity contribution in [3.05, 3.63) is 21.9 Å². The maximum absolute atomic E-state index is 6.05. The number of hydrogen-bond donors (Lipinski definition) is 1. The van der Waals surface area contributed by atoms with E-state index in [0.717, 1.165) is 6.42 Å². The Labute approximate surface area is 88.7 Å². The zero-order chi connectivity index (χ0) is 9.54. The smallest absolute Gasteiger partial charge is 0.0459 e. The normalized spacial score (nSPS) is 32.4. The maximum atomic E-state index is 6.05. The molecule has 3 heterocycles. The van der Waals surface area contributed by atoms with Crippen LogP contribution >= 0.6 is 11.3 Å². The van der Waals surface area contributed by atoms with E-state index in [1.165, 1.54) is 25.9 Å². The second-order valence-electron chi connectivity index (χ2n) is 4.40. The van der Waals surface area contributed by atoms with Crippen LogP contribution in [0, 0.1) is 0 Å². The molecule has 0 bridgehead atoms. The Bertz CT molecular complexity index is 334. The average molecular weight is 208 g/mol. The lowest BCUT2D eigenvalue weighted by Gasteiger charge is -2.41. The van der Waals surface area contributed by atoms with Crippen LogP contribution in [0.2, 0.25) is 0 Å². The zero-order valence-electron chi connectivity index (χ0n) is 8.28. The fourth-order valence-electron chi connectivity index (χ4n) is 2.69. The van der Waals surface area contributed by atoms with E-state index < -0.39 is 0 Å². The van der Waals surface area contributed by atoms with Gasteiger partial charge >= 0.3 is 0 Å². The molecule has 2 N–H and O–H groups in total. The Morgan fingerprint density at radius 1 is 1.43 bits per heavy atom. The molecule has 0 amide bonds. The topological polar surface area (TPSA) is 29.3 Å². The molecule has 2 unspecified atom stereocenters. The second-order valence-corrected chi connectivity index (χ2v) is 5.34. The number of hydrogen-bond acceptors (Lipinski definition) is 3. The van der Waals surface area contributed by atoms with Gasteiger partial charge in [0.25, 0.3) is 0 Å². The quantitative estimate of drug-likeness (QED) is 0.704. The number of rotatable bonds is 0. The molecule has 0 aromatic carbocycles. The van der Waals surface area contributed by atoms with E-state index in [1.54, 1.807) is 10.4 Å². The number of nitrogens with zero attached hydrogens (tertiary/aromatic N) is 1. The van der Waals surface area contributed by atoms with Crippen LogP contribution in [0.1, 0.15) is 29.3 Å². The first kappa shape index (κ1) is 8.89. The fraction of sp³-hybridized carbons (Fsp3) is 0.636. The zero-order valence-corrected chi connectivity index (χ0v) is 9.09. The van der Waals surface area contributed by atoms with Crippen LogP contribution in [0.25, 0.3) is 0 Å². The summed E-state index contributed by atoms with van der Waals surface area (Å²) in [5.74, 6) is 0. The second kappa shape index (κ2) is 3.33. The first-order valence-corrected chi connectivity index (χ1v) is 6.28. The molecule has 3 heteroatoms. The third-order valence-electron chi connectivity index (χ3n) is 3.51. The van der Waals surface area contributed by atoms with Gasteiger partial charge in [-0.3, -0.25) is 4.90 Å². The summed E-state index contributed by atoms with van der Waals surface area (Å²) < 4.78 is 0. The van der Waals surface area contributed by atoms with Crippen LogP contribution in [-0.4, -0.2) is 24.0 Å². The number of thiophene rings is 1. The monoisotopic (exact) mass is 208 g/mol. The SMILES string of the molecule is NC1CCN2CCc3ccsc3C2C1. The molecular formula is C11H16N2S. The van der Waals surface area contributed by atoms with Crippen LogP contribution < -0.4 is 5.73 Å². The summed E-state index contributed by atoms with van der Waals surface area (Å²) in [5.41, 5.74) is 7.62. The third kappa shape index (κ3) is 1.31. The van der Waals surface area contributed by atoms with Crippen molar-refractivity contribution in [3.63, 3.8) is 0 Å². The van der Waals surface area contributed by atoms with Crippen molar-refractivity contribution >= 4 is 11.3 Å². The average Bonchev–Trinajstić information content (AvgIpc) is 2.65. The van der Waals surface area contributed by atoms with Crippen molar-refractivity contribution < 1.29 is 0 Å². The number of fused-ring (bicyclic) bond motifs is 3. The van der Waals surface area contributed by atoms with Crippen molar-refractivity contribution in [1.82, 2.24) is 4.90 Å². The summed E-state index contributed by atoms with van der Waals surface area (Å²) in [6, 6.07) is 3.35. The van der Waals surface area contributed by atoms with E-state index in [9.17, 15) is 0 Å². The molecule has 1 fully saturated rings. The molecule has 3 rings (SSSR count). The molecular weight excluding hydrogens is 192 g/mol. The van der Waals surface area contributed by atoms with Crippen molar-refractivity contribution in [2.75, 3.05) is 13.1 Å².